The second-order valence-corrected chi connectivity index (χ2v) is 5.43. The Kier molecular flexibility index (Phi) is 7.92. The number of nitrogens with zero attached hydrogens (tertiary/aromatic N) is 4. The molecule has 0 aliphatic carbocycles. The van der Waals surface area contributed by atoms with E-state index in [1.165, 1.54) is 12.8 Å². The number of nitrogens with one attached hydrogen (secondary N) is 1. The van der Waals surface area contributed by atoms with Crippen molar-refractivity contribution >= 4 is 29.9 Å². The van der Waals surface area contributed by atoms with Crippen molar-refractivity contribution in [1.29, 1.82) is 0 Å². The fraction of sp³-hybridized carbons (Fsp3) is 0.667. The Bertz CT molecular complexity index is 455. The van der Waals surface area contributed by atoms with Gasteiger partial charge < -0.3 is 10.2 Å². The highest BCUT2D eigenvalue weighted by molar-refractivity contribution is 14.0. The van der Waals surface area contributed by atoms with Gasteiger partial charge in [-0.3, -0.25) is 0 Å². The smallest absolute Gasteiger partial charge is 0.194 e. The number of hydrogen-bond acceptors (Lipinski definition) is 3. The van der Waals surface area contributed by atoms with Crippen LogP contribution >= 0.6 is 24.0 Å². The molecule has 0 spiro atoms. The van der Waals surface area contributed by atoms with E-state index in [-0.39, 0.29) is 24.0 Å². The van der Waals surface area contributed by atoms with Gasteiger partial charge in [0.05, 0.1) is 12.2 Å². The number of halogens is 1. The van der Waals surface area contributed by atoms with Crippen LogP contribution in [0.5, 0.6) is 0 Å². The zero-order valence-corrected chi connectivity index (χ0v) is 15.5. The molecule has 2 heterocycles. The third-order valence-electron chi connectivity index (χ3n) is 3.64. The molecule has 1 saturated heterocycles. The van der Waals surface area contributed by atoms with Gasteiger partial charge in [-0.15, -0.1) is 24.0 Å². The van der Waals surface area contributed by atoms with Crippen LogP contribution < -0.4 is 5.32 Å². The third kappa shape index (κ3) is 5.76. The summed E-state index contributed by atoms with van der Waals surface area (Å²) < 4.78 is 0. The summed E-state index contributed by atoms with van der Waals surface area (Å²) in [7, 11) is 0. The van der Waals surface area contributed by atoms with Crippen molar-refractivity contribution in [3.63, 3.8) is 0 Å². The Morgan fingerprint density at radius 3 is 2.76 bits per heavy atom. The van der Waals surface area contributed by atoms with Crippen LogP contribution in [-0.4, -0.2) is 40.5 Å². The largest absolute Gasteiger partial charge is 0.357 e. The highest BCUT2D eigenvalue weighted by atomic mass is 127. The van der Waals surface area contributed by atoms with Crippen molar-refractivity contribution in [3.05, 3.63) is 23.8 Å². The van der Waals surface area contributed by atoms with Gasteiger partial charge >= 0.3 is 0 Å². The summed E-state index contributed by atoms with van der Waals surface area (Å²) >= 11 is 0. The van der Waals surface area contributed by atoms with Gasteiger partial charge in [0.1, 0.15) is 5.82 Å². The molecule has 0 radical (unpaired) electrons. The van der Waals surface area contributed by atoms with Crippen molar-refractivity contribution < 1.29 is 0 Å². The topological polar surface area (TPSA) is 53.4 Å². The monoisotopic (exact) mass is 403 g/mol. The van der Waals surface area contributed by atoms with E-state index >= 15 is 0 Å². The molecule has 1 N–H and O–H groups in total. The minimum Gasteiger partial charge on any atom is -0.357 e. The Balaban J connectivity index is 0.00000220. The molecule has 21 heavy (non-hydrogen) atoms. The Labute approximate surface area is 144 Å². The van der Waals surface area contributed by atoms with E-state index in [0.29, 0.717) is 6.54 Å². The van der Waals surface area contributed by atoms with Crippen molar-refractivity contribution in [2.45, 2.75) is 40.2 Å². The first kappa shape index (κ1) is 18.1. The summed E-state index contributed by atoms with van der Waals surface area (Å²) in [5.41, 5.74) is 0.971. The molecule has 1 aliphatic heterocycles. The lowest BCUT2D eigenvalue weighted by molar-refractivity contribution is 0.273. The summed E-state index contributed by atoms with van der Waals surface area (Å²) in [5, 5.41) is 3.38. The molecule has 0 saturated carbocycles. The molecule has 1 fully saturated rings. The van der Waals surface area contributed by atoms with E-state index in [9.17, 15) is 0 Å². The van der Waals surface area contributed by atoms with Crippen LogP contribution in [0.3, 0.4) is 0 Å². The predicted octanol–water partition coefficient (Wildman–Crippen LogP) is 2.60. The molecule has 0 bridgehead atoms. The number of hydrogen-bond donors (Lipinski definition) is 1. The van der Waals surface area contributed by atoms with Gasteiger partial charge in [-0.1, -0.05) is 6.92 Å². The van der Waals surface area contributed by atoms with E-state index < -0.39 is 0 Å². The minimum absolute atomic E-state index is 0. The zero-order valence-electron chi connectivity index (χ0n) is 13.2. The van der Waals surface area contributed by atoms with E-state index in [2.05, 4.69) is 34.0 Å². The second kappa shape index (κ2) is 9.17. The number of piperidine rings is 1. The van der Waals surface area contributed by atoms with Crippen molar-refractivity contribution in [1.82, 2.24) is 20.2 Å². The Morgan fingerprint density at radius 1 is 1.43 bits per heavy atom. The lowest BCUT2D eigenvalue weighted by Gasteiger charge is -2.32. The average Bonchev–Trinajstić information content (AvgIpc) is 2.44. The number of aromatic nitrogens is 2. The molecule has 0 aromatic carbocycles. The molecule has 1 aromatic rings. The molecule has 6 heteroatoms. The highest BCUT2D eigenvalue weighted by Gasteiger charge is 2.18. The van der Waals surface area contributed by atoms with Crippen molar-refractivity contribution in [3.8, 4) is 0 Å². The number of rotatable bonds is 3. The average molecular weight is 403 g/mol. The molecule has 2 rings (SSSR count). The van der Waals surface area contributed by atoms with E-state index in [1.54, 1.807) is 6.20 Å². The molecule has 1 aromatic heterocycles. The van der Waals surface area contributed by atoms with Gasteiger partial charge in [-0.2, -0.15) is 0 Å². The first-order chi connectivity index (χ1) is 9.69. The maximum atomic E-state index is 4.71. The molecular weight excluding hydrogens is 377 g/mol. The van der Waals surface area contributed by atoms with E-state index in [0.717, 1.165) is 43.0 Å². The fourth-order valence-corrected chi connectivity index (χ4v) is 2.40. The molecule has 118 valence electrons. The Morgan fingerprint density at radius 2 is 2.14 bits per heavy atom. The van der Waals surface area contributed by atoms with Crippen LogP contribution in [0.1, 0.15) is 38.2 Å². The van der Waals surface area contributed by atoms with Crippen LogP contribution in [-0.2, 0) is 6.54 Å². The molecule has 5 nitrogen and oxygen atoms in total. The normalized spacial score (nSPS) is 16.5. The molecule has 0 atom stereocenters. The Hall–Kier alpha value is -0.920. The lowest BCUT2D eigenvalue weighted by atomic mass is 10.00. The van der Waals surface area contributed by atoms with E-state index in [4.69, 9.17) is 4.99 Å². The summed E-state index contributed by atoms with van der Waals surface area (Å²) in [4.78, 5) is 15.6. The maximum absolute atomic E-state index is 4.71. The van der Waals surface area contributed by atoms with Gasteiger partial charge in [-0.05, 0) is 38.7 Å². The maximum Gasteiger partial charge on any atom is 0.194 e. The number of aryl methyl sites for hydroxylation is 1. The van der Waals surface area contributed by atoms with Gasteiger partial charge in [0.15, 0.2) is 5.96 Å². The van der Waals surface area contributed by atoms with Crippen LogP contribution in [0.15, 0.2) is 17.3 Å². The van der Waals surface area contributed by atoms with Gasteiger partial charge in [-0.25, -0.2) is 15.0 Å². The van der Waals surface area contributed by atoms with Crippen LogP contribution in [0.4, 0.5) is 0 Å². The van der Waals surface area contributed by atoms with Gasteiger partial charge in [0.2, 0.25) is 0 Å². The third-order valence-corrected chi connectivity index (χ3v) is 3.64. The number of guanidine groups is 1. The number of aliphatic imine (C=N–C) groups is 1. The van der Waals surface area contributed by atoms with E-state index in [1.807, 2.05) is 13.0 Å². The minimum atomic E-state index is 0. The standard InChI is InChI=1S/C15H25N5.HI/c1-4-16-15(20-9-6-12(2)7-10-20)18-11-14-5-8-17-13(3)19-14;/h5,8,12H,4,6-7,9-11H2,1-3H3,(H,16,18);1H. The van der Waals surface area contributed by atoms with Gasteiger partial charge in [0.25, 0.3) is 0 Å². The predicted molar refractivity (Wildman–Crippen MR) is 97.0 cm³/mol. The van der Waals surface area contributed by atoms with Crippen molar-refractivity contribution in [2.24, 2.45) is 10.9 Å². The number of likely N-dealkylation sites (tertiary alicyclic amines) is 1. The first-order valence-electron chi connectivity index (χ1n) is 7.50. The summed E-state index contributed by atoms with van der Waals surface area (Å²) in [6.45, 7) is 10.0. The molecular formula is C15H26IN5. The fourth-order valence-electron chi connectivity index (χ4n) is 2.40. The van der Waals surface area contributed by atoms with Gasteiger partial charge in [0, 0.05) is 25.8 Å². The molecule has 0 unspecified atom stereocenters. The lowest BCUT2D eigenvalue weighted by Crippen LogP contribution is -2.45. The second-order valence-electron chi connectivity index (χ2n) is 5.43. The molecule has 1 aliphatic rings. The molecule has 0 amide bonds. The van der Waals surface area contributed by atoms with Crippen LogP contribution in [0.25, 0.3) is 0 Å². The highest BCUT2D eigenvalue weighted by Crippen LogP contribution is 2.16. The summed E-state index contributed by atoms with van der Waals surface area (Å²) in [6.07, 6.45) is 4.29. The van der Waals surface area contributed by atoms with Crippen molar-refractivity contribution in [2.75, 3.05) is 19.6 Å². The van der Waals surface area contributed by atoms with Crippen LogP contribution in [0.2, 0.25) is 0 Å². The summed E-state index contributed by atoms with van der Waals surface area (Å²) in [6, 6.07) is 1.93. The SMILES string of the molecule is CCNC(=NCc1ccnc(C)n1)N1CCC(C)CC1.I. The zero-order chi connectivity index (χ0) is 14.4. The quantitative estimate of drug-likeness (QED) is 0.479. The first-order valence-corrected chi connectivity index (χ1v) is 7.50. The van der Waals surface area contributed by atoms with Crippen LogP contribution in [0, 0.1) is 12.8 Å². The summed E-state index contributed by atoms with van der Waals surface area (Å²) in [5.74, 6) is 2.64.